The number of thiophene rings is 2. The average Bonchev–Trinajstić information content (AvgIpc) is 3.46. The zero-order valence-corrected chi connectivity index (χ0v) is 18.4. The van der Waals surface area contributed by atoms with Gasteiger partial charge < -0.3 is 14.9 Å². The third kappa shape index (κ3) is 3.85. The van der Waals surface area contributed by atoms with Crippen LogP contribution in [0.25, 0.3) is 0 Å². The van der Waals surface area contributed by atoms with Crippen LogP contribution < -0.4 is 4.90 Å². The molecule has 30 heavy (non-hydrogen) atoms. The molecule has 0 radical (unpaired) electrons. The number of fused-ring (bicyclic) bond motifs is 1. The van der Waals surface area contributed by atoms with Gasteiger partial charge in [-0.15, -0.1) is 22.7 Å². The van der Waals surface area contributed by atoms with Crippen molar-refractivity contribution in [1.82, 2.24) is 9.80 Å². The monoisotopic (exact) mass is 439 g/mol. The van der Waals surface area contributed by atoms with E-state index in [0.29, 0.717) is 12.3 Å². The summed E-state index contributed by atoms with van der Waals surface area (Å²) < 4.78 is 0. The normalized spacial score (nSPS) is 19.7. The van der Waals surface area contributed by atoms with Crippen LogP contribution in [0.4, 0.5) is 5.69 Å². The van der Waals surface area contributed by atoms with Gasteiger partial charge in [-0.2, -0.15) is 0 Å². The number of phenolic OH excluding ortho intramolecular Hbond substituents is 1. The first kappa shape index (κ1) is 19.6. The Kier molecular flexibility index (Phi) is 5.50. The Morgan fingerprint density at radius 3 is 2.50 bits per heavy atom. The molecule has 0 aliphatic carbocycles. The van der Waals surface area contributed by atoms with Gasteiger partial charge in [0.2, 0.25) is 5.91 Å². The Morgan fingerprint density at radius 2 is 1.77 bits per heavy atom. The van der Waals surface area contributed by atoms with E-state index >= 15 is 0 Å². The Balaban J connectivity index is 1.25. The number of anilines is 1. The molecule has 3 aromatic rings. The van der Waals surface area contributed by atoms with E-state index < -0.39 is 0 Å². The number of carbonyl (C=O) groups is 1. The SMILES string of the molecule is O=C(CN1CCN(c2ccc(O)cc2)CC1)N1CCc2sccc2[C@H]1c1cccs1. The second-order valence-electron chi connectivity index (χ2n) is 7.83. The number of aromatic hydroxyl groups is 1. The summed E-state index contributed by atoms with van der Waals surface area (Å²) in [5.41, 5.74) is 2.43. The molecule has 156 valence electrons. The molecule has 1 aromatic carbocycles. The van der Waals surface area contributed by atoms with Crippen molar-refractivity contribution >= 4 is 34.3 Å². The van der Waals surface area contributed by atoms with Gasteiger partial charge in [0.15, 0.2) is 0 Å². The molecule has 0 unspecified atom stereocenters. The summed E-state index contributed by atoms with van der Waals surface area (Å²) in [5.74, 6) is 0.516. The second-order valence-corrected chi connectivity index (χ2v) is 9.81. The van der Waals surface area contributed by atoms with Gasteiger partial charge in [0, 0.05) is 48.2 Å². The number of hydrogen-bond acceptors (Lipinski definition) is 6. The number of phenols is 1. The van der Waals surface area contributed by atoms with Crippen LogP contribution in [0.1, 0.15) is 21.4 Å². The summed E-state index contributed by atoms with van der Waals surface area (Å²) in [6, 6.07) is 13.8. The van der Waals surface area contributed by atoms with E-state index in [-0.39, 0.29) is 11.9 Å². The Labute approximate surface area is 184 Å². The van der Waals surface area contributed by atoms with Crippen LogP contribution in [0, 0.1) is 0 Å². The standard InChI is InChI=1S/C23H25N3O2S2/c27-18-5-3-17(4-6-18)25-12-10-24(11-13-25)16-22(28)26-9-7-20-19(8-15-30-20)23(26)21-2-1-14-29-21/h1-6,8,14-15,23,27H,7,9-13,16H2/t23-/m0/s1. The number of carbonyl (C=O) groups excluding carboxylic acids is 1. The summed E-state index contributed by atoms with van der Waals surface area (Å²) in [6.07, 6.45) is 0.954. The highest BCUT2D eigenvalue weighted by Crippen LogP contribution is 2.39. The van der Waals surface area contributed by atoms with Gasteiger partial charge in [0.25, 0.3) is 0 Å². The lowest BCUT2D eigenvalue weighted by molar-refractivity contribution is -0.134. The minimum Gasteiger partial charge on any atom is -0.508 e. The van der Waals surface area contributed by atoms with E-state index in [0.717, 1.165) is 44.8 Å². The Bertz CT molecular complexity index is 992. The fourth-order valence-corrected chi connectivity index (χ4v) is 6.21. The number of benzene rings is 1. The molecule has 0 spiro atoms. The topological polar surface area (TPSA) is 47.0 Å². The fraction of sp³-hybridized carbons (Fsp3) is 0.348. The number of piperazine rings is 1. The first-order valence-electron chi connectivity index (χ1n) is 10.3. The van der Waals surface area contributed by atoms with Crippen molar-refractivity contribution in [2.45, 2.75) is 12.5 Å². The van der Waals surface area contributed by atoms with Crippen molar-refractivity contribution in [1.29, 1.82) is 0 Å². The maximum absolute atomic E-state index is 13.3. The number of rotatable bonds is 4. The smallest absolute Gasteiger partial charge is 0.237 e. The molecule has 1 N–H and O–H groups in total. The maximum atomic E-state index is 13.3. The van der Waals surface area contributed by atoms with E-state index in [1.807, 2.05) is 23.5 Å². The molecule has 2 aliphatic rings. The number of hydrogen-bond donors (Lipinski definition) is 1. The average molecular weight is 440 g/mol. The lowest BCUT2D eigenvalue weighted by atomic mass is 9.98. The molecule has 0 bridgehead atoms. The summed E-state index contributed by atoms with van der Waals surface area (Å²) >= 11 is 3.55. The van der Waals surface area contributed by atoms with Crippen molar-refractivity contribution in [3.05, 3.63) is 68.5 Å². The highest BCUT2D eigenvalue weighted by molar-refractivity contribution is 7.10. The quantitative estimate of drug-likeness (QED) is 0.672. The largest absolute Gasteiger partial charge is 0.508 e. The van der Waals surface area contributed by atoms with Gasteiger partial charge >= 0.3 is 0 Å². The third-order valence-electron chi connectivity index (χ3n) is 6.04. The van der Waals surface area contributed by atoms with Crippen LogP contribution in [0.3, 0.4) is 0 Å². The van der Waals surface area contributed by atoms with Crippen LogP contribution in [0.5, 0.6) is 5.75 Å². The minimum atomic E-state index is 0.0609. The van der Waals surface area contributed by atoms with E-state index in [4.69, 9.17) is 0 Å². The molecule has 1 fully saturated rings. The van der Waals surface area contributed by atoms with Crippen molar-refractivity contribution < 1.29 is 9.90 Å². The summed E-state index contributed by atoms with van der Waals surface area (Å²) in [5, 5.41) is 13.7. The summed E-state index contributed by atoms with van der Waals surface area (Å²) in [6.45, 7) is 4.79. The molecule has 1 saturated heterocycles. The maximum Gasteiger partial charge on any atom is 0.237 e. The van der Waals surface area contributed by atoms with Gasteiger partial charge in [0.05, 0.1) is 12.6 Å². The van der Waals surface area contributed by atoms with E-state index in [1.54, 1.807) is 23.5 Å². The summed E-state index contributed by atoms with van der Waals surface area (Å²) in [4.78, 5) is 22.7. The lowest BCUT2D eigenvalue weighted by Gasteiger charge is -2.39. The second kappa shape index (κ2) is 8.41. The van der Waals surface area contributed by atoms with Gasteiger partial charge in [-0.05, 0) is 59.1 Å². The van der Waals surface area contributed by atoms with Crippen LogP contribution in [0.2, 0.25) is 0 Å². The highest BCUT2D eigenvalue weighted by Gasteiger charge is 2.34. The predicted molar refractivity (Wildman–Crippen MR) is 123 cm³/mol. The van der Waals surface area contributed by atoms with Gasteiger partial charge in [-0.1, -0.05) is 6.07 Å². The molecule has 7 heteroatoms. The van der Waals surface area contributed by atoms with Gasteiger partial charge in [-0.25, -0.2) is 0 Å². The van der Waals surface area contributed by atoms with Crippen molar-refractivity contribution in [3.8, 4) is 5.75 Å². The molecule has 5 rings (SSSR count). The predicted octanol–water partition coefficient (Wildman–Crippen LogP) is 3.81. The van der Waals surface area contributed by atoms with Gasteiger partial charge in [-0.3, -0.25) is 9.69 Å². The van der Waals surface area contributed by atoms with E-state index in [1.165, 1.54) is 15.3 Å². The van der Waals surface area contributed by atoms with Crippen LogP contribution in [-0.4, -0.2) is 60.1 Å². The molecule has 2 aliphatic heterocycles. The zero-order chi connectivity index (χ0) is 20.5. The highest BCUT2D eigenvalue weighted by atomic mass is 32.1. The first-order valence-corrected chi connectivity index (χ1v) is 12.1. The minimum absolute atomic E-state index is 0.0609. The van der Waals surface area contributed by atoms with Crippen LogP contribution in [0.15, 0.2) is 53.2 Å². The van der Waals surface area contributed by atoms with Crippen molar-refractivity contribution in [2.24, 2.45) is 0 Å². The fourth-order valence-electron chi connectivity index (χ4n) is 4.45. The number of amides is 1. The zero-order valence-electron chi connectivity index (χ0n) is 16.7. The van der Waals surface area contributed by atoms with Crippen molar-refractivity contribution in [3.63, 3.8) is 0 Å². The third-order valence-corrected chi connectivity index (χ3v) is 7.97. The van der Waals surface area contributed by atoms with Crippen molar-refractivity contribution in [2.75, 3.05) is 44.2 Å². The first-order chi connectivity index (χ1) is 14.7. The van der Waals surface area contributed by atoms with E-state index in [9.17, 15) is 9.90 Å². The summed E-state index contributed by atoms with van der Waals surface area (Å²) in [7, 11) is 0. The van der Waals surface area contributed by atoms with Crippen LogP contribution >= 0.6 is 22.7 Å². The molecule has 5 nitrogen and oxygen atoms in total. The number of nitrogens with zero attached hydrogens (tertiary/aromatic N) is 3. The molecule has 0 saturated carbocycles. The molecule has 2 aromatic heterocycles. The lowest BCUT2D eigenvalue weighted by Crippen LogP contribution is -2.51. The molecule has 1 amide bonds. The molecule has 4 heterocycles. The molecule has 1 atom stereocenters. The Hall–Kier alpha value is -2.35. The van der Waals surface area contributed by atoms with Crippen LogP contribution in [-0.2, 0) is 11.2 Å². The molecular formula is C23H25N3O2S2. The van der Waals surface area contributed by atoms with Gasteiger partial charge in [0.1, 0.15) is 5.75 Å². The molecular weight excluding hydrogens is 414 g/mol. The Morgan fingerprint density at radius 1 is 0.967 bits per heavy atom. The van der Waals surface area contributed by atoms with E-state index in [2.05, 4.69) is 43.7 Å².